The van der Waals surface area contributed by atoms with Crippen LogP contribution in [0.25, 0.3) is 0 Å². The molecule has 2 atom stereocenters. The van der Waals surface area contributed by atoms with Gasteiger partial charge >= 0.3 is 0 Å². The van der Waals surface area contributed by atoms with E-state index in [-0.39, 0.29) is 23.0 Å². The zero-order valence-corrected chi connectivity index (χ0v) is 12.9. The fraction of sp³-hybridized carbons (Fsp3) is 0.500. The predicted molar refractivity (Wildman–Crippen MR) is 77.4 cm³/mol. The van der Waals surface area contributed by atoms with Gasteiger partial charge < -0.3 is 10.6 Å². The summed E-state index contributed by atoms with van der Waals surface area (Å²) < 4.78 is 13.5. The standard InChI is InChI=1S/C14H17Cl2FN2O/c1-7(10-5-13(17)12(16)6-11(10)15)18-8(2)14(20)19-9-3-4-9/h5-9,18H,3-4H2,1-2H3,(H,19,20)/p+1/t7-,8-/m0/s1. The molecule has 0 aromatic heterocycles. The number of benzene rings is 1. The number of rotatable bonds is 5. The van der Waals surface area contributed by atoms with Crippen LogP contribution in [-0.2, 0) is 4.79 Å². The summed E-state index contributed by atoms with van der Waals surface area (Å²) in [7, 11) is 0. The Morgan fingerprint density at radius 1 is 1.35 bits per heavy atom. The van der Waals surface area contributed by atoms with Gasteiger partial charge in [0.15, 0.2) is 6.04 Å². The maximum atomic E-state index is 13.5. The van der Waals surface area contributed by atoms with Gasteiger partial charge in [-0.3, -0.25) is 4.79 Å². The second-order valence-electron chi connectivity index (χ2n) is 5.34. The molecule has 110 valence electrons. The third-order valence-corrected chi connectivity index (χ3v) is 4.06. The van der Waals surface area contributed by atoms with E-state index in [2.05, 4.69) is 5.32 Å². The first kappa shape index (κ1) is 15.5. The van der Waals surface area contributed by atoms with Gasteiger partial charge in [-0.1, -0.05) is 23.2 Å². The first-order valence-electron chi connectivity index (χ1n) is 6.68. The zero-order valence-electron chi connectivity index (χ0n) is 11.4. The number of hydrogen-bond acceptors (Lipinski definition) is 1. The fourth-order valence-electron chi connectivity index (χ4n) is 2.07. The lowest BCUT2D eigenvalue weighted by molar-refractivity contribution is -0.710. The number of amides is 1. The van der Waals surface area contributed by atoms with Crippen LogP contribution in [0.15, 0.2) is 12.1 Å². The summed E-state index contributed by atoms with van der Waals surface area (Å²) in [6.45, 7) is 3.71. The summed E-state index contributed by atoms with van der Waals surface area (Å²) in [6.07, 6.45) is 2.12. The Kier molecular flexibility index (Phi) is 4.89. The van der Waals surface area contributed by atoms with E-state index in [4.69, 9.17) is 23.2 Å². The Morgan fingerprint density at radius 2 is 2.00 bits per heavy atom. The van der Waals surface area contributed by atoms with Crippen molar-refractivity contribution in [3.8, 4) is 0 Å². The summed E-state index contributed by atoms with van der Waals surface area (Å²) in [5.41, 5.74) is 0.639. The summed E-state index contributed by atoms with van der Waals surface area (Å²) in [5, 5.41) is 5.23. The van der Waals surface area contributed by atoms with E-state index in [0.29, 0.717) is 16.6 Å². The Bertz CT molecular complexity index is 520. The van der Waals surface area contributed by atoms with Gasteiger partial charge in [0.2, 0.25) is 0 Å². The van der Waals surface area contributed by atoms with E-state index >= 15 is 0 Å². The van der Waals surface area contributed by atoms with Gasteiger partial charge in [0.05, 0.1) is 10.0 Å². The van der Waals surface area contributed by atoms with Crippen LogP contribution >= 0.6 is 23.2 Å². The maximum Gasteiger partial charge on any atom is 0.278 e. The second kappa shape index (κ2) is 6.29. The number of nitrogens with two attached hydrogens (primary N) is 1. The minimum Gasteiger partial charge on any atom is -0.348 e. The third kappa shape index (κ3) is 3.84. The van der Waals surface area contributed by atoms with E-state index in [1.807, 2.05) is 19.2 Å². The summed E-state index contributed by atoms with van der Waals surface area (Å²) in [5.74, 6) is -0.494. The van der Waals surface area contributed by atoms with Crippen molar-refractivity contribution in [3.63, 3.8) is 0 Å². The highest BCUT2D eigenvalue weighted by Gasteiger charge is 2.28. The van der Waals surface area contributed by atoms with Crippen molar-refractivity contribution in [3.05, 3.63) is 33.6 Å². The van der Waals surface area contributed by atoms with E-state index < -0.39 is 5.82 Å². The molecule has 0 heterocycles. The molecule has 0 spiro atoms. The minimum atomic E-state index is -0.499. The molecular weight excluding hydrogens is 302 g/mol. The van der Waals surface area contributed by atoms with Crippen LogP contribution in [0.3, 0.4) is 0 Å². The van der Waals surface area contributed by atoms with Gasteiger partial charge in [-0.25, -0.2) is 4.39 Å². The van der Waals surface area contributed by atoms with Gasteiger partial charge in [-0.15, -0.1) is 0 Å². The van der Waals surface area contributed by atoms with Crippen molar-refractivity contribution in [2.45, 2.75) is 44.8 Å². The number of carbonyl (C=O) groups is 1. The van der Waals surface area contributed by atoms with Gasteiger partial charge in [0.1, 0.15) is 11.9 Å². The lowest BCUT2D eigenvalue weighted by Gasteiger charge is -2.18. The first-order chi connectivity index (χ1) is 9.38. The topological polar surface area (TPSA) is 45.7 Å². The van der Waals surface area contributed by atoms with E-state index in [1.165, 1.54) is 12.1 Å². The van der Waals surface area contributed by atoms with Crippen LogP contribution in [0.5, 0.6) is 0 Å². The highest BCUT2D eigenvalue weighted by Crippen LogP contribution is 2.27. The smallest absolute Gasteiger partial charge is 0.278 e. The van der Waals surface area contributed by atoms with Crippen LogP contribution < -0.4 is 10.6 Å². The molecule has 0 aliphatic heterocycles. The first-order valence-corrected chi connectivity index (χ1v) is 7.44. The van der Waals surface area contributed by atoms with Crippen molar-refractivity contribution in [2.75, 3.05) is 0 Å². The van der Waals surface area contributed by atoms with Crippen LogP contribution in [0.4, 0.5) is 4.39 Å². The van der Waals surface area contributed by atoms with E-state index in [0.717, 1.165) is 12.8 Å². The molecule has 6 heteroatoms. The predicted octanol–water partition coefficient (Wildman–Crippen LogP) is 2.42. The molecule has 1 saturated carbocycles. The number of nitrogens with one attached hydrogen (secondary N) is 1. The molecule has 1 fully saturated rings. The molecule has 0 bridgehead atoms. The van der Waals surface area contributed by atoms with Crippen molar-refractivity contribution in [1.29, 1.82) is 0 Å². The van der Waals surface area contributed by atoms with Crippen molar-refractivity contribution in [1.82, 2.24) is 5.32 Å². The molecule has 1 aromatic rings. The SMILES string of the molecule is C[C@H]([NH2+][C@@H](C)c1cc(F)c(Cl)cc1Cl)C(=O)NC1CC1. The zero-order chi connectivity index (χ0) is 14.9. The fourth-order valence-corrected chi connectivity index (χ4v) is 2.63. The van der Waals surface area contributed by atoms with Gasteiger partial charge in [-0.2, -0.15) is 0 Å². The molecular formula is C14H18Cl2FN2O+. The number of hydrogen-bond donors (Lipinski definition) is 2. The quantitative estimate of drug-likeness (QED) is 0.804. The highest BCUT2D eigenvalue weighted by molar-refractivity contribution is 6.35. The van der Waals surface area contributed by atoms with Gasteiger partial charge in [0, 0.05) is 11.6 Å². The number of carbonyl (C=O) groups excluding carboxylic acids is 1. The molecule has 2 rings (SSSR count). The minimum absolute atomic E-state index is 0.00454. The number of quaternary nitrogens is 1. The molecule has 20 heavy (non-hydrogen) atoms. The van der Waals surface area contributed by atoms with Crippen molar-refractivity contribution in [2.24, 2.45) is 0 Å². The Labute approximate surface area is 127 Å². The monoisotopic (exact) mass is 319 g/mol. The number of halogens is 3. The maximum absolute atomic E-state index is 13.5. The van der Waals surface area contributed by atoms with Crippen molar-refractivity contribution < 1.29 is 14.5 Å². The second-order valence-corrected chi connectivity index (χ2v) is 6.15. The van der Waals surface area contributed by atoms with Crippen LogP contribution in [0.2, 0.25) is 10.0 Å². The summed E-state index contributed by atoms with van der Waals surface area (Å²) in [6, 6.07) is 2.68. The lowest BCUT2D eigenvalue weighted by atomic mass is 10.1. The highest BCUT2D eigenvalue weighted by atomic mass is 35.5. The van der Waals surface area contributed by atoms with E-state index in [9.17, 15) is 9.18 Å². The average Bonchev–Trinajstić information content (AvgIpc) is 3.17. The van der Waals surface area contributed by atoms with Crippen molar-refractivity contribution >= 4 is 29.1 Å². The third-order valence-electron chi connectivity index (χ3n) is 3.44. The molecule has 1 amide bonds. The summed E-state index contributed by atoms with van der Waals surface area (Å²) in [4.78, 5) is 11.9. The normalized spacial score (nSPS) is 17.6. The average molecular weight is 320 g/mol. The van der Waals surface area contributed by atoms with Crippen LogP contribution in [0.1, 0.15) is 38.3 Å². The molecule has 0 radical (unpaired) electrons. The van der Waals surface area contributed by atoms with Crippen LogP contribution in [0, 0.1) is 5.82 Å². The molecule has 0 unspecified atom stereocenters. The Morgan fingerprint density at radius 3 is 2.60 bits per heavy atom. The molecule has 1 aliphatic carbocycles. The molecule has 1 aromatic carbocycles. The molecule has 1 aliphatic rings. The lowest BCUT2D eigenvalue weighted by Crippen LogP contribution is -2.92. The Hall–Kier alpha value is -0.840. The molecule has 3 nitrogen and oxygen atoms in total. The van der Waals surface area contributed by atoms with E-state index in [1.54, 1.807) is 0 Å². The van der Waals surface area contributed by atoms with Crippen LogP contribution in [-0.4, -0.2) is 18.0 Å². The van der Waals surface area contributed by atoms with Gasteiger partial charge in [0.25, 0.3) is 5.91 Å². The molecule has 3 N–H and O–H groups in total. The Balaban J connectivity index is 2.01. The summed E-state index contributed by atoms with van der Waals surface area (Å²) >= 11 is 11.8. The largest absolute Gasteiger partial charge is 0.348 e. The molecule has 0 saturated heterocycles. The van der Waals surface area contributed by atoms with Gasteiger partial charge in [-0.05, 0) is 38.8 Å².